The van der Waals surface area contributed by atoms with Crippen LogP contribution in [0.2, 0.25) is 0 Å². The van der Waals surface area contributed by atoms with E-state index in [4.69, 9.17) is 36.0 Å². The lowest BCUT2D eigenvalue weighted by molar-refractivity contribution is -0.113. The molecule has 1 amide bonds. The van der Waals surface area contributed by atoms with Crippen LogP contribution < -0.4 is 15.1 Å². The van der Waals surface area contributed by atoms with Crippen molar-refractivity contribution in [2.24, 2.45) is 0 Å². The number of hydrogen-bond donors (Lipinski definition) is 1. The zero-order valence-corrected chi connectivity index (χ0v) is 16.8. The molecule has 2 aromatic rings. The van der Waals surface area contributed by atoms with Crippen LogP contribution in [0.3, 0.4) is 0 Å². The van der Waals surface area contributed by atoms with E-state index in [1.165, 1.54) is 0 Å². The molecule has 2 saturated heterocycles. The number of alkyl halides is 1. The van der Waals surface area contributed by atoms with Crippen LogP contribution in [-0.4, -0.2) is 79.3 Å². The molecule has 0 saturated carbocycles. The molecule has 2 aliphatic heterocycles. The molecule has 3 heterocycles. The van der Waals surface area contributed by atoms with Crippen LogP contribution in [0.15, 0.2) is 24.3 Å². The van der Waals surface area contributed by atoms with E-state index in [9.17, 15) is 4.79 Å². The molecule has 0 spiro atoms. The second-order valence-electron chi connectivity index (χ2n) is 6.72. The summed E-state index contributed by atoms with van der Waals surface area (Å²) in [7, 11) is 0. The quantitative estimate of drug-likeness (QED) is 0.728. The Kier molecular flexibility index (Phi) is 6.38. The van der Waals surface area contributed by atoms with Gasteiger partial charge in [0.15, 0.2) is 5.82 Å². The Bertz CT molecular complexity index is 802. The number of anilines is 3. The van der Waals surface area contributed by atoms with Gasteiger partial charge in [-0.2, -0.15) is 15.0 Å². The molecule has 0 unspecified atom stereocenters. The summed E-state index contributed by atoms with van der Waals surface area (Å²) in [6.45, 7) is 5.60. The summed E-state index contributed by atoms with van der Waals surface area (Å²) in [6, 6.07) is 7.38. The number of morpholine rings is 2. The van der Waals surface area contributed by atoms with Crippen molar-refractivity contribution < 1.29 is 14.3 Å². The van der Waals surface area contributed by atoms with Crippen LogP contribution in [0, 0.1) is 0 Å². The van der Waals surface area contributed by atoms with Gasteiger partial charge in [-0.25, -0.2) is 0 Å². The summed E-state index contributed by atoms with van der Waals surface area (Å²) in [5, 5.41) is 2.73. The molecule has 1 aromatic heterocycles. The topological polar surface area (TPSA) is 92.7 Å². The molecule has 10 heteroatoms. The third kappa shape index (κ3) is 4.92. The number of carbonyl (C=O) groups excluding carboxylic acids is 1. The lowest BCUT2D eigenvalue weighted by atomic mass is 10.2. The van der Waals surface area contributed by atoms with E-state index < -0.39 is 0 Å². The lowest BCUT2D eigenvalue weighted by Gasteiger charge is -2.30. The Labute approximate surface area is 174 Å². The van der Waals surface area contributed by atoms with Gasteiger partial charge in [-0.15, -0.1) is 11.6 Å². The fourth-order valence-electron chi connectivity index (χ4n) is 3.19. The van der Waals surface area contributed by atoms with Crippen LogP contribution in [0.1, 0.15) is 0 Å². The number of hydrogen-bond acceptors (Lipinski definition) is 8. The number of nitrogens with zero attached hydrogens (tertiary/aromatic N) is 5. The number of halogens is 1. The van der Waals surface area contributed by atoms with E-state index in [0.29, 0.717) is 49.8 Å². The van der Waals surface area contributed by atoms with Gasteiger partial charge >= 0.3 is 0 Å². The predicted octanol–water partition coefficient (Wildman–Crippen LogP) is 1.39. The minimum atomic E-state index is -0.246. The predicted molar refractivity (Wildman–Crippen MR) is 111 cm³/mol. The minimum Gasteiger partial charge on any atom is -0.378 e. The zero-order chi connectivity index (χ0) is 20.1. The molecule has 0 atom stereocenters. The molecular formula is C19H23ClN6O3. The highest BCUT2D eigenvalue weighted by Gasteiger charge is 2.21. The van der Waals surface area contributed by atoms with Gasteiger partial charge in [0.05, 0.1) is 26.4 Å². The SMILES string of the molecule is O=C(CCl)Nc1ccc(-c2nc(N3CCOCC3)nc(N3CCOCC3)n2)cc1. The molecule has 29 heavy (non-hydrogen) atoms. The maximum absolute atomic E-state index is 11.5. The summed E-state index contributed by atoms with van der Waals surface area (Å²) in [5.41, 5.74) is 1.52. The highest BCUT2D eigenvalue weighted by molar-refractivity contribution is 6.29. The van der Waals surface area contributed by atoms with Gasteiger partial charge in [-0.1, -0.05) is 0 Å². The van der Waals surface area contributed by atoms with Crippen molar-refractivity contribution in [1.29, 1.82) is 0 Å². The maximum atomic E-state index is 11.5. The van der Waals surface area contributed by atoms with Gasteiger partial charge in [-0.3, -0.25) is 4.79 Å². The molecular weight excluding hydrogens is 396 g/mol. The molecule has 2 aliphatic rings. The van der Waals surface area contributed by atoms with Crippen molar-refractivity contribution in [1.82, 2.24) is 15.0 Å². The number of aromatic nitrogens is 3. The standard InChI is InChI=1S/C19H23ClN6O3/c20-13-16(27)21-15-3-1-14(2-4-15)17-22-18(25-5-9-28-10-6-25)24-19(23-17)26-7-11-29-12-8-26/h1-4H,5-13H2,(H,21,27). The fourth-order valence-corrected chi connectivity index (χ4v) is 3.26. The van der Waals surface area contributed by atoms with E-state index in [-0.39, 0.29) is 11.8 Å². The highest BCUT2D eigenvalue weighted by Crippen LogP contribution is 2.24. The third-order valence-electron chi connectivity index (χ3n) is 4.75. The molecule has 0 radical (unpaired) electrons. The Hall–Kier alpha value is -2.49. The molecule has 0 bridgehead atoms. The smallest absolute Gasteiger partial charge is 0.239 e. The fraction of sp³-hybridized carbons (Fsp3) is 0.474. The monoisotopic (exact) mass is 418 g/mol. The molecule has 2 fully saturated rings. The average Bonchev–Trinajstić information content (AvgIpc) is 2.80. The Morgan fingerprint density at radius 2 is 1.41 bits per heavy atom. The average molecular weight is 419 g/mol. The van der Waals surface area contributed by atoms with Crippen LogP contribution in [-0.2, 0) is 14.3 Å². The molecule has 9 nitrogen and oxygen atoms in total. The Morgan fingerprint density at radius 1 is 0.897 bits per heavy atom. The Balaban J connectivity index is 1.64. The second-order valence-corrected chi connectivity index (χ2v) is 6.98. The first-order chi connectivity index (χ1) is 14.2. The third-order valence-corrected chi connectivity index (χ3v) is 4.99. The first kappa shape index (κ1) is 19.8. The van der Waals surface area contributed by atoms with Crippen molar-refractivity contribution >= 4 is 35.1 Å². The number of amides is 1. The number of ether oxygens (including phenoxy) is 2. The van der Waals surface area contributed by atoms with Gasteiger partial charge in [0, 0.05) is 37.4 Å². The number of benzene rings is 1. The van der Waals surface area contributed by atoms with E-state index in [2.05, 4.69) is 15.1 Å². The maximum Gasteiger partial charge on any atom is 0.239 e. The van der Waals surface area contributed by atoms with Gasteiger partial charge < -0.3 is 24.6 Å². The van der Waals surface area contributed by atoms with Crippen molar-refractivity contribution in [3.05, 3.63) is 24.3 Å². The second kappa shape index (κ2) is 9.34. The molecule has 1 aromatic carbocycles. The van der Waals surface area contributed by atoms with Gasteiger partial charge in [0.1, 0.15) is 5.88 Å². The van der Waals surface area contributed by atoms with Crippen molar-refractivity contribution in [3.8, 4) is 11.4 Å². The van der Waals surface area contributed by atoms with E-state index in [1.54, 1.807) is 0 Å². The Morgan fingerprint density at radius 3 is 1.90 bits per heavy atom. The van der Waals surface area contributed by atoms with Crippen molar-refractivity contribution in [3.63, 3.8) is 0 Å². The summed E-state index contributed by atoms with van der Waals surface area (Å²) in [5.74, 6) is 1.57. The van der Waals surface area contributed by atoms with Crippen molar-refractivity contribution in [2.75, 3.05) is 73.6 Å². The van der Waals surface area contributed by atoms with Crippen molar-refractivity contribution in [2.45, 2.75) is 0 Å². The lowest BCUT2D eigenvalue weighted by Crippen LogP contribution is -2.40. The normalized spacial score (nSPS) is 17.3. The number of rotatable bonds is 5. The summed E-state index contributed by atoms with van der Waals surface area (Å²) >= 11 is 5.55. The van der Waals surface area contributed by atoms with Gasteiger partial charge in [0.25, 0.3) is 0 Å². The van der Waals surface area contributed by atoms with E-state index in [1.807, 2.05) is 24.3 Å². The molecule has 1 N–H and O–H groups in total. The van der Waals surface area contributed by atoms with Crippen LogP contribution >= 0.6 is 11.6 Å². The van der Waals surface area contributed by atoms with E-state index >= 15 is 0 Å². The number of nitrogens with one attached hydrogen (secondary N) is 1. The molecule has 154 valence electrons. The van der Waals surface area contributed by atoms with Gasteiger partial charge in [0.2, 0.25) is 17.8 Å². The summed E-state index contributed by atoms with van der Waals surface area (Å²) in [6.07, 6.45) is 0. The minimum absolute atomic E-state index is 0.0823. The van der Waals surface area contributed by atoms with Crippen LogP contribution in [0.4, 0.5) is 17.6 Å². The molecule has 0 aliphatic carbocycles. The van der Waals surface area contributed by atoms with E-state index in [0.717, 1.165) is 31.7 Å². The van der Waals surface area contributed by atoms with Gasteiger partial charge in [-0.05, 0) is 24.3 Å². The largest absolute Gasteiger partial charge is 0.378 e. The van der Waals surface area contributed by atoms with Crippen LogP contribution in [0.25, 0.3) is 11.4 Å². The summed E-state index contributed by atoms with van der Waals surface area (Å²) < 4.78 is 10.9. The molecule has 4 rings (SSSR count). The summed E-state index contributed by atoms with van der Waals surface area (Å²) in [4.78, 5) is 29.8. The zero-order valence-electron chi connectivity index (χ0n) is 16.0. The number of carbonyl (C=O) groups is 1. The highest BCUT2D eigenvalue weighted by atomic mass is 35.5. The van der Waals surface area contributed by atoms with Crippen LogP contribution in [0.5, 0.6) is 0 Å². The first-order valence-corrected chi connectivity index (χ1v) is 10.1. The first-order valence-electron chi connectivity index (χ1n) is 9.60.